The first-order valence-corrected chi connectivity index (χ1v) is 5.84. The van der Waals surface area contributed by atoms with E-state index in [0.29, 0.717) is 0 Å². The van der Waals surface area contributed by atoms with Gasteiger partial charge in [-0.05, 0) is 19.4 Å². The van der Waals surface area contributed by atoms with E-state index in [2.05, 4.69) is 5.32 Å². The van der Waals surface area contributed by atoms with Crippen LogP contribution in [-0.2, 0) is 13.0 Å². The number of alkyl halides is 3. The van der Waals surface area contributed by atoms with Crippen LogP contribution in [0.3, 0.4) is 0 Å². The molecule has 2 rings (SSSR count). The van der Waals surface area contributed by atoms with E-state index in [-0.39, 0.29) is 12.1 Å². The van der Waals surface area contributed by atoms with Gasteiger partial charge in [-0.25, -0.2) is 0 Å². The number of hydrogen-bond donors (Lipinski definition) is 1. The maximum atomic E-state index is 12.1. The molecule has 1 aliphatic heterocycles. The van der Waals surface area contributed by atoms with Crippen molar-refractivity contribution < 1.29 is 17.9 Å². The van der Waals surface area contributed by atoms with Gasteiger partial charge in [-0.1, -0.05) is 18.2 Å². The van der Waals surface area contributed by atoms with Crippen LogP contribution < -0.4 is 10.1 Å². The lowest BCUT2D eigenvalue weighted by Crippen LogP contribution is -2.28. The molecule has 0 radical (unpaired) electrons. The third-order valence-corrected chi connectivity index (χ3v) is 2.81. The van der Waals surface area contributed by atoms with Gasteiger partial charge in [-0.2, -0.15) is 13.2 Å². The van der Waals surface area contributed by atoms with Crippen molar-refractivity contribution in [1.82, 2.24) is 5.32 Å². The van der Waals surface area contributed by atoms with Crippen molar-refractivity contribution in [1.29, 1.82) is 0 Å². The molecule has 0 aromatic heterocycles. The first-order chi connectivity index (χ1) is 8.27. The summed E-state index contributed by atoms with van der Waals surface area (Å²) in [6.45, 7) is 3.12. The third-order valence-electron chi connectivity index (χ3n) is 2.81. The maximum Gasteiger partial charge on any atom is 0.401 e. The zero-order chi connectivity index (χ0) is 13.4. The highest BCUT2D eigenvalue weighted by molar-refractivity contribution is 5.45. The Labute approximate surface area is 104 Å². The Hall–Kier alpha value is -1.23. The van der Waals surface area contributed by atoms with E-state index in [1.54, 1.807) is 6.07 Å². The molecular weight excluding hydrogens is 243 g/mol. The van der Waals surface area contributed by atoms with Crippen molar-refractivity contribution in [3.8, 4) is 5.75 Å². The average molecular weight is 259 g/mol. The summed E-state index contributed by atoms with van der Waals surface area (Å²) in [6.07, 6.45) is -3.40. The fraction of sp³-hybridized carbons (Fsp3) is 0.538. The number of nitrogens with one attached hydrogen (secondary N) is 1. The summed E-state index contributed by atoms with van der Waals surface area (Å²) in [7, 11) is 0. The van der Waals surface area contributed by atoms with E-state index in [1.165, 1.54) is 0 Å². The second kappa shape index (κ2) is 4.46. The van der Waals surface area contributed by atoms with Crippen LogP contribution in [0.2, 0.25) is 0 Å². The number of fused-ring (bicyclic) bond motifs is 1. The maximum absolute atomic E-state index is 12.1. The number of halogens is 3. The molecular formula is C13H16F3NO. The van der Waals surface area contributed by atoms with Gasteiger partial charge in [0.15, 0.2) is 0 Å². The zero-order valence-electron chi connectivity index (χ0n) is 10.4. The Bertz CT molecular complexity index is 440. The van der Waals surface area contributed by atoms with E-state index in [4.69, 9.17) is 4.74 Å². The van der Waals surface area contributed by atoms with Gasteiger partial charge in [-0.15, -0.1) is 0 Å². The van der Waals surface area contributed by atoms with Crippen LogP contribution >= 0.6 is 0 Å². The van der Waals surface area contributed by atoms with Crippen molar-refractivity contribution >= 4 is 0 Å². The van der Waals surface area contributed by atoms with E-state index in [1.807, 2.05) is 26.0 Å². The number of para-hydroxylation sites is 1. The van der Waals surface area contributed by atoms with E-state index < -0.39 is 12.7 Å². The second-order valence-electron chi connectivity index (χ2n) is 5.16. The largest absolute Gasteiger partial charge is 0.487 e. The molecule has 1 aromatic rings. The van der Waals surface area contributed by atoms with Crippen LogP contribution in [0.15, 0.2) is 18.2 Å². The Balaban J connectivity index is 2.06. The van der Waals surface area contributed by atoms with E-state index >= 15 is 0 Å². The van der Waals surface area contributed by atoms with E-state index in [0.717, 1.165) is 23.3 Å². The molecule has 0 saturated carbocycles. The highest BCUT2D eigenvalue weighted by atomic mass is 19.4. The number of hydrogen-bond acceptors (Lipinski definition) is 2. The van der Waals surface area contributed by atoms with Gasteiger partial charge >= 0.3 is 6.18 Å². The molecule has 0 amide bonds. The highest BCUT2D eigenvalue weighted by Gasteiger charge is 2.32. The number of rotatable bonds is 3. The van der Waals surface area contributed by atoms with Crippen molar-refractivity contribution in [2.24, 2.45) is 0 Å². The van der Waals surface area contributed by atoms with Gasteiger partial charge in [0, 0.05) is 18.5 Å². The number of ether oxygens (including phenoxy) is 1. The van der Waals surface area contributed by atoms with Gasteiger partial charge in [0.1, 0.15) is 11.4 Å². The first kappa shape index (κ1) is 13.2. The molecule has 1 aromatic carbocycles. The summed E-state index contributed by atoms with van der Waals surface area (Å²) in [5, 5.41) is 2.39. The average Bonchev–Trinajstić information content (AvgIpc) is 2.51. The van der Waals surface area contributed by atoms with Crippen molar-refractivity contribution in [3.05, 3.63) is 29.3 Å². The molecule has 0 fully saturated rings. The smallest absolute Gasteiger partial charge is 0.401 e. The lowest BCUT2D eigenvalue weighted by Gasteiger charge is -2.18. The highest BCUT2D eigenvalue weighted by Crippen LogP contribution is 2.37. The molecule has 1 N–H and O–H groups in total. The Morgan fingerprint density at radius 2 is 2.06 bits per heavy atom. The van der Waals surface area contributed by atoms with E-state index in [9.17, 15) is 13.2 Å². The van der Waals surface area contributed by atoms with Crippen molar-refractivity contribution in [3.63, 3.8) is 0 Å². The Morgan fingerprint density at radius 1 is 1.33 bits per heavy atom. The fourth-order valence-electron chi connectivity index (χ4n) is 2.16. The number of benzene rings is 1. The Kier molecular flexibility index (Phi) is 3.27. The fourth-order valence-corrected chi connectivity index (χ4v) is 2.16. The van der Waals surface area contributed by atoms with Gasteiger partial charge < -0.3 is 10.1 Å². The monoisotopic (exact) mass is 259 g/mol. The molecule has 0 unspecified atom stereocenters. The molecule has 100 valence electrons. The second-order valence-corrected chi connectivity index (χ2v) is 5.16. The van der Waals surface area contributed by atoms with Crippen molar-refractivity contribution in [2.75, 3.05) is 6.54 Å². The summed E-state index contributed by atoms with van der Waals surface area (Å²) in [5.41, 5.74) is 1.57. The first-order valence-electron chi connectivity index (χ1n) is 5.84. The molecule has 5 heteroatoms. The minimum atomic E-state index is -4.18. The van der Waals surface area contributed by atoms with Crippen LogP contribution in [0.1, 0.15) is 25.0 Å². The standard InChI is InChI=1S/C13H16F3NO/c1-12(2)6-9-4-3-5-10(11(9)18-12)7-17-8-13(14,15)16/h3-5,17H,6-8H2,1-2H3. The predicted octanol–water partition coefficient (Wildman–Crippen LogP) is 3.05. The summed E-state index contributed by atoms with van der Waals surface area (Å²) in [6, 6.07) is 5.61. The zero-order valence-corrected chi connectivity index (χ0v) is 10.4. The molecule has 2 nitrogen and oxygen atoms in total. The molecule has 0 atom stereocenters. The lowest BCUT2D eigenvalue weighted by molar-refractivity contribution is -0.125. The summed E-state index contributed by atoms with van der Waals surface area (Å²) in [5.74, 6) is 0.733. The van der Waals surface area contributed by atoms with Gasteiger partial charge in [0.2, 0.25) is 0 Å². The lowest BCUT2D eigenvalue weighted by atomic mass is 10.0. The summed E-state index contributed by atoms with van der Waals surface area (Å²) >= 11 is 0. The topological polar surface area (TPSA) is 21.3 Å². The van der Waals surface area contributed by atoms with Crippen LogP contribution in [-0.4, -0.2) is 18.3 Å². The summed E-state index contributed by atoms with van der Waals surface area (Å²) < 4.78 is 42.0. The Morgan fingerprint density at radius 3 is 2.72 bits per heavy atom. The van der Waals surface area contributed by atoms with Crippen LogP contribution in [0.25, 0.3) is 0 Å². The van der Waals surface area contributed by atoms with Crippen LogP contribution in [0.5, 0.6) is 5.75 Å². The molecule has 0 aliphatic carbocycles. The minimum Gasteiger partial charge on any atom is -0.487 e. The quantitative estimate of drug-likeness (QED) is 0.900. The van der Waals surface area contributed by atoms with Gasteiger partial charge in [0.25, 0.3) is 0 Å². The summed E-state index contributed by atoms with van der Waals surface area (Å²) in [4.78, 5) is 0. The van der Waals surface area contributed by atoms with Crippen LogP contribution in [0, 0.1) is 0 Å². The normalized spacial score (nSPS) is 17.4. The molecule has 0 saturated heterocycles. The van der Waals surface area contributed by atoms with Crippen molar-refractivity contribution in [2.45, 2.75) is 38.6 Å². The third kappa shape index (κ3) is 3.16. The van der Waals surface area contributed by atoms with Crippen LogP contribution in [0.4, 0.5) is 13.2 Å². The van der Waals surface area contributed by atoms with Gasteiger partial charge in [-0.3, -0.25) is 0 Å². The molecule has 0 bridgehead atoms. The minimum absolute atomic E-state index is 0.165. The molecule has 0 spiro atoms. The van der Waals surface area contributed by atoms with Gasteiger partial charge in [0.05, 0.1) is 6.54 Å². The SMILES string of the molecule is CC1(C)Cc2cccc(CNCC(F)(F)F)c2O1. The molecule has 1 heterocycles. The molecule has 1 aliphatic rings. The predicted molar refractivity (Wildman–Crippen MR) is 62.6 cm³/mol. The molecule has 18 heavy (non-hydrogen) atoms.